The first kappa shape index (κ1) is 16.0. The van der Waals surface area contributed by atoms with E-state index in [1.54, 1.807) is 20.9 Å². The highest BCUT2D eigenvalue weighted by molar-refractivity contribution is 5.73. The molecule has 0 aliphatic carbocycles. The van der Waals surface area contributed by atoms with Crippen molar-refractivity contribution in [2.45, 2.75) is 26.3 Å². The molecule has 0 saturated heterocycles. The number of carbonyl (C=O) groups excluding carboxylic acids is 2. The van der Waals surface area contributed by atoms with Gasteiger partial charge in [0.2, 0.25) is 0 Å². The number of amides is 1. The van der Waals surface area contributed by atoms with Gasteiger partial charge in [0.25, 0.3) is 0 Å². The standard InChI is InChI=1S/C15H21NO4/c1-4-19-14(17)11-13(12-9-7-6-8-10-12)16(3)15(18)20-5-2/h6-10,13H,4-5,11H2,1-3H3. The summed E-state index contributed by atoms with van der Waals surface area (Å²) in [4.78, 5) is 25.0. The Morgan fingerprint density at radius 2 is 1.70 bits per heavy atom. The van der Waals surface area contributed by atoms with E-state index in [1.165, 1.54) is 4.90 Å². The predicted molar refractivity (Wildman–Crippen MR) is 75.2 cm³/mol. The van der Waals surface area contributed by atoms with Crippen molar-refractivity contribution in [1.29, 1.82) is 0 Å². The summed E-state index contributed by atoms with van der Waals surface area (Å²) in [5.74, 6) is -0.336. The fourth-order valence-electron chi connectivity index (χ4n) is 1.88. The van der Waals surface area contributed by atoms with Crippen LogP contribution < -0.4 is 0 Å². The Kier molecular flexibility index (Phi) is 6.56. The summed E-state index contributed by atoms with van der Waals surface area (Å²) in [5.41, 5.74) is 0.871. The molecule has 5 heteroatoms. The third-order valence-corrected chi connectivity index (χ3v) is 2.87. The summed E-state index contributed by atoms with van der Waals surface area (Å²) in [7, 11) is 1.62. The van der Waals surface area contributed by atoms with Gasteiger partial charge in [-0.3, -0.25) is 4.79 Å². The molecule has 20 heavy (non-hydrogen) atoms. The lowest BCUT2D eigenvalue weighted by molar-refractivity contribution is -0.144. The van der Waals surface area contributed by atoms with Gasteiger partial charge >= 0.3 is 12.1 Å². The van der Waals surface area contributed by atoms with Gasteiger partial charge in [0, 0.05) is 7.05 Å². The molecule has 5 nitrogen and oxygen atoms in total. The zero-order chi connectivity index (χ0) is 15.0. The Labute approximate surface area is 119 Å². The van der Waals surface area contributed by atoms with Crippen LogP contribution in [0.3, 0.4) is 0 Å². The molecular formula is C15H21NO4. The Balaban J connectivity index is 2.89. The van der Waals surface area contributed by atoms with E-state index < -0.39 is 12.1 Å². The summed E-state index contributed by atoms with van der Waals surface area (Å²) in [6, 6.07) is 8.97. The van der Waals surface area contributed by atoms with Gasteiger partial charge in [0.1, 0.15) is 0 Å². The van der Waals surface area contributed by atoms with Crippen LogP contribution in [0.5, 0.6) is 0 Å². The normalized spacial score (nSPS) is 11.6. The molecular weight excluding hydrogens is 258 g/mol. The van der Waals surface area contributed by atoms with E-state index in [9.17, 15) is 9.59 Å². The van der Waals surface area contributed by atoms with E-state index in [-0.39, 0.29) is 12.4 Å². The van der Waals surface area contributed by atoms with E-state index in [1.807, 2.05) is 30.3 Å². The molecule has 0 aromatic heterocycles. The maximum absolute atomic E-state index is 11.8. The maximum Gasteiger partial charge on any atom is 0.410 e. The van der Waals surface area contributed by atoms with Crippen LogP contribution in [-0.2, 0) is 14.3 Å². The van der Waals surface area contributed by atoms with Crippen molar-refractivity contribution in [3.8, 4) is 0 Å². The lowest BCUT2D eigenvalue weighted by atomic mass is 10.0. The third-order valence-electron chi connectivity index (χ3n) is 2.87. The molecule has 110 valence electrons. The van der Waals surface area contributed by atoms with Crippen molar-refractivity contribution in [3.63, 3.8) is 0 Å². The molecule has 0 radical (unpaired) electrons. The number of rotatable bonds is 6. The van der Waals surface area contributed by atoms with Crippen LogP contribution in [0.25, 0.3) is 0 Å². The summed E-state index contributed by atoms with van der Waals surface area (Å²) in [6.45, 7) is 4.12. The van der Waals surface area contributed by atoms with E-state index in [2.05, 4.69) is 0 Å². The fraction of sp³-hybridized carbons (Fsp3) is 0.467. The largest absolute Gasteiger partial charge is 0.466 e. The van der Waals surface area contributed by atoms with Crippen molar-refractivity contribution in [1.82, 2.24) is 4.90 Å². The van der Waals surface area contributed by atoms with Gasteiger partial charge in [-0.05, 0) is 19.4 Å². The highest BCUT2D eigenvalue weighted by Gasteiger charge is 2.25. The predicted octanol–water partition coefficient (Wildman–Crippen LogP) is 2.77. The first-order valence-electron chi connectivity index (χ1n) is 6.70. The highest BCUT2D eigenvalue weighted by Crippen LogP contribution is 2.24. The van der Waals surface area contributed by atoms with Crippen LogP contribution in [0.4, 0.5) is 4.79 Å². The minimum absolute atomic E-state index is 0.104. The Morgan fingerprint density at radius 3 is 2.25 bits per heavy atom. The van der Waals surface area contributed by atoms with Crippen LogP contribution in [-0.4, -0.2) is 37.2 Å². The Hall–Kier alpha value is -2.04. The Bertz CT molecular complexity index is 433. The van der Waals surface area contributed by atoms with Crippen LogP contribution >= 0.6 is 0 Å². The molecule has 0 spiro atoms. The number of hydrogen-bond acceptors (Lipinski definition) is 4. The lowest BCUT2D eigenvalue weighted by Gasteiger charge is -2.27. The van der Waals surface area contributed by atoms with Gasteiger partial charge in [0.15, 0.2) is 0 Å². The van der Waals surface area contributed by atoms with Gasteiger partial charge in [-0.1, -0.05) is 30.3 Å². The second-order valence-electron chi connectivity index (χ2n) is 4.25. The molecule has 0 aliphatic heterocycles. The van der Waals surface area contributed by atoms with Gasteiger partial charge in [-0.15, -0.1) is 0 Å². The average Bonchev–Trinajstić information content (AvgIpc) is 2.45. The summed E-state index contributed by atoms with van der Waals surface area (Å²) < 4.78 is 9.95. The second-order valence-corrected chi connectivity index (χ2v) is 4.25. The van der Waals surface area contributed by atoms with Crippen LogP contribution in [0.2, 0.25) is 0 Å². The van der Waals surface area contributed by atoms with E-state index >= 15 is 0 Å². The number of ether oxygens (including phenoxy) is 2. The maximum atomic E-state index is 11.8. The molecule has 0 heterocycles. The first-order valence-corrected chi connectivity index (χ1v) is 6.70. The number of benzene rings is 1. The van der Waals surface area contributed by atoms with Gasteiger partial charge in [-0.25, -0.2) is 4.79 Å². The molecule has 0 aliphatic rings. The number of esters is 1. The van der Waals surface area contributed by atoms with Crippen molar-refractivity contribution in [2.75, 3.05) is 20.3 Å². The molecule has 1 rings (SSSR count). The number of nitrogens with zero attached hydrogens (tertiary/aromatic N) is 1. The van der Waals surface area contributed by atoms with Crippen LogP contribution in [0, 0.1) is 0 Å². The molecule has 1 unspecified atom stereocenters. The molecule has 0 N–H and O–H groups in total. The molecule has 1 atom stereocenters. The van der Waals surface area contributed by atoms with Gasteiger partial charge in [0.05, 0.1) is 25.7 Å². The Morgan fingerprint density at radius 1 is 1.10 bits per heavy atom. The topological polar surface area (TPSA) is 55.8 Å². The highest BCUT2D eigenvalue weighted by atomic mass is 16.6. The second kappa shape index (κ2) is 8.19. The quantitative estimate of drug-likeness (QED) is 0.751. The fourth-order valence-corrected chi connectivity index (χ4v) is 1.88. The van der Waals surface area contributed by atoms with Gasteiger partial charge < -0.3 is 14.4 Å². The molecule has 0 bridgehead atoms. The lowest BCUT2D eigenvalue weighted by Crippen LogP contribution is -2.33. The van der Waals surface area contributed by atoms with Crippen LogP contribution in [0.1, 0.15) is 31.9 Å². The number of carbonyl (C=O) groups is 2. The van der Waals surface area contributed by atoms with E-state index in [4.69, 9.17) is 9.47 Å². The van der Waals surface area contributed by atoms with Crippen molar-refractivity contribution < 1.29 is 19.1 Å². The monoisotopic (exact) mass is 279 g/mol. The molecule has 0 saturated carbocycles. The zero-order valence-electron chi connectivity index (χ0n) is 12.2. The smallest absolute Gasteiger partial charge is 0.410 e. The van der Waals surface area contributed by atoms with Crippen molar-refractivity contribution in [3.05, 3.63) is 35.9 Å². The number of hydrogen-bond donors (Lipinski definition) is 0. The summed E-state index contributed by atoms with van der Waals surface area (Å²) in [6.07, 6.45) is -0.349. The third kappa shape index (κ3) is 4.57. The molecule has 0 fully saturated rings. The zero-order valence-corrected chi connectivity index (χ0v) is 12.2. The van der Waals surface area contributed by atoms with Gasteiger partial charge in [-0.2, -0.15) is 0 Å². The minimum atomic E-state index is -0.453. The summed E-state index contributed by atoms with van der Waals surface area (Å²) >= 11 is 0. The summed E-state index contributed by atoms with van der Waals surface area (Å²) in [5, 5.41) is 0. The van der Waals surface area contributed by atoms with Crippen molar-refractivity contribution >= 4 is 12.1 Å². The molecule has 1 aromatic rings. The van der Waals surface area contributed by atoms with E-state index in [0.29, 0.717) is 13.2 Å². The minimum Gasteiger partial charge on any atom is -0.466 e. The SMILES string of the molecule is CCOC(=O)CC(c1ccccc1)N(C)C(=O)OCC. The van der Waals surface area contributed by atoms with E-state index in [0.717, 1.165) is 5.56 Å². The molecule has 1 aromatic carbocycles. The first-order chi connectivity index (χ1) is 9.60. The van der Waals surface area contributed by atoms with Crippen molar-refractivity contribution in [2.24, 2.45) is 0 Å². The van der Waals surface area contributed by atoms with Crippen LogP contribution in [0.15, 0.2) is 30.3 Å². The average molecular weight is 279 g/mol. The molecule has 1 amide bonds.